The van der Waals surface area contributed by atoms with Gasteiger partial charge in [0.15, 0.2) is 0 Å². The molecular weight excluding hydrogens is 200 g/mol. The van der Waals surface area contributed by atoms with Crippen LogP contribution in [0.2, 0.25) is 0 Å². The molecule has 1 atom stereocenters. The molecule has 0 aromatic carbocycles. The number of carbonyl (C=O) groups is 1. The van der Waals surface area contributed by atoms with Crippen LogP contribution in [-0.4, -0.2) is 30.3 Å². The van der Waals surface area contributed by atoms with E-state index in [1.54, 1.807) is 0 Å². The van der Waals surface area contributed by atoms with Gasteiger partial charge in [0.1, 0.15) is 5.78 Å². The second-order valence-corrected chi connectivity index (χ2v) is 5.52. The molecule has 1 fully saturated rings. The quantitative estimate of drug-likeness (QED) is 0.732. The SMILES string of the molecule is CC1CN(CCCC(C)(C)C#N)CCC1=O. The zero-order chi connectivity index (χ0) is 12.2. The summed E-state index contributed by atoms with van der Waals surface area (Å²) < 4.78 is 0. The lowest BCUT2D eigenvalue weighted by Crippen LogP contribution is -2.40. The molecule has 0 aromatic rings. The van der Waals surface area contributed by atoms with Gasteiger partial charge in [-0.15, -0.1) is 0 Å². The minimum atomic E-state index is -0.211. The van der Waals surface area contributed by atoms with Crippen molar-refractivity contribution >= 4 is 5.78 Å². The van der Waals surface area contributed by atoms with Crippen molar-refractivity contribution in [2.24, 2.45) is 11.3 Å². The second-order valence-electron chi connectivity index (χ2n) is 5.52. The van der Waals surface area contributed by atoms with Gasteiger partial charge in [-0.3, -0.25) is 4.79 Å². The molecule has 1 aliphatic heterocycles. The first-order valence-corrected chi connectivity index (χ1v) is 6.11. The summed E-state index contributed by atoms with van der Waals surface area (Å²) in [6.45, 7) is 8.78. The predicted molar refractivity (Wildman–Crippen MR) is 63.9 cm³/mol. The van der Waals surface area contributed by atoms with Crippen LogP contribution in [0.3, 0.4) is 0 Å². The number of hydrogen-bond acceptors (Lipinski definition) is 3. The summed E-state index contributed by atoms with van der Waals surface area (Å²) in [6, 6.07) is 2.32. The molecule has 0 amide bonds. The predicted octanol–water partition coefficient (Wildman–Crippen LogP) is 2.23. The van der Waals surface area contributed by atoms with Gasteiger partial charge in [-0.2, -0.15) is 5.26 Å². The lowest BCUT2D eigenvalue weighted by molar-refractivity contribution is -0.125. The largest absolute Gasteiger partial charge is 0.302 e. The monoisotopic (exact) mass is 222 g/mol. The van der Waals surface area contributed by atoms with E-state index in [1.165, 1.54) is 0 Å². The molecule has 0 bridgehead atoms. The Hall–Kier alpha value is -0.880. The fourth-order valence-electron chi connectivity index (χ4n) is 2.10. The third kappa shape index (κ3) is 3.94. The Balaban J connectivity index is 2.25. The molecule has 0 N–H and O–H groups in total. The Morgan fingerprint density at radius 2 is 2.25 bits per heavy atom. The third-order valence-corrected chi connectivity index (χ3v) is 3.33. The lowest BCUT2D eigenvalue weighted by atomic mass is 9.89. The number of carbonyl (C=O) groups excluding carboxylic acids is 1. The van der Waals surface area contributed by atoms with E-state index in [0.29, 0.717) is 12.2 Å². The van der Waals surface area contributed by atoms with Crippen molar-refractivity contribution in [3.8, 4) is 6.07 Å². The fourth-order valence-corrected chi connectivity index (χ4v) is 2.10. The highest BCUT2D eigenvalue weighted by atomic mass is 16.1. The number of rotatable bonds is 4. The highest BCUT2D eigenvalue weighted by Crippen LogP contribution is 2.21. The van der Waals surface area contributed by atoms with Gasteiger partial charge in [-0.25, -0.2) is 0 Å². The second kappa shape index (κ2) is 5.45. The molecule has 1 heterocycles. The fraction of sp³-hybridized carbons (Fsp3) is 0.846. The lowest BCUT2D eigenvalue weighted by Gasteiger charge is -2.30. The standard InChI is InChI=1S/C13H22N2O/c1-11-9-15(8-5-12(11)16)7-4-6-13(2,3)10-14/h11H,4-9H2,1-3H3. The van der Waals surface area contributed by atoms with Crippen LogP contribution in [0.25, 0.3) is 0 Å². The molecule has 1 aliphatic rings. The van der Waals surface area contributed by atoms with Crippen molar-refractivity contribution in [2.45, 2.75) is 40.0 Å². The van der Waals surface area contributed by atoms with Crippen LogP contribution in [0.15, 0.2) is 0 Å². The number of ketones is 1. The normalized spacial score (nSPS) is 23.1. The molecule has 0 saturated carbocycles. The van der Waals surface area contributed by atoms with E-state index in [2.05, 4.69) is 11.0 Å². The van der Waals surface area contributed by atoms with Crippen LogP contribution in [0.5, 0.6) is 0 Å². The molecule has 90 valence electrons. The summed E-state index contributed by atoms with van der Waals surface area (Å²) in [6.07, 6.45) is 2.67. The van der Waals surface area contributed by atoms with Crippen LogP contribution in [0, 0.1) is 22.7 Å². The van der Waals surface area contributed by atoms with Crippen LogP contribution in [0.4, 0.5) is 0 Å². The smallest absolute Gasteiger partial charge is 0.138 e. The summed E-state index contributed by atoms with van der Waals surface area (Å²) in [4.78, 5) is 13.7. The Morgan fingerprint density at radius 3 is 2.81 bits per heavy atom. The van der Waals surface area contributed by atoms with Gasteiger partial charge in [0.2, 0.25) is 0 Å². The number of Topliss-reactive ketones (excluding diaryl/α,β-unsaturated/α-hetero) is 1. The van der Waals surface area contributed by atoms with Crippen molar-refractivity contribution in [3.63, 3.8) is 0 Å². The van der Waals surface area contributed by atoms with Gasteiger partial charge in [0.25, 0.3) is 0 Å². The van der Waals surface area contributed by atoms with E-state index in [9.17, 15) is 4.79 Å². The van der Waals surface area contributed by atoms with Gasteiger partial charge in [0.05, 0.1) is 11.5 Å². The van der Waals surface area contributed by atoms with Crippen molar-refractivity contribution in [1.29, 1.82) is 5.26 Å². The average Bonchev–Trinajstić information content (AvgIpc) is 2.23. The first kappa shape index (κ1) is 13.2. The van der Waals surface area contributed by atoms with Gasteiger partial charge < -0.3 is 4.90 Å². The van der Waals surface area contributed by atoms with E-state index < -0.39 is 0 Å². The number of nitrogens with zero attached hydrogens (tertiary/aromatic N) is 2. The summed E-state index contributed by atoms with van der Waals surface area (Å²) in [7, 11) is 0. The number of likely N-dealkylation sites (tertiary alicyclic amines) is 1. The number of nitriles is 1. The molecule has 1 unspecified atom stereocenters. The van der Waals surface area contributed by atoms with Crippen LogP contribution >= 0.6 is 0 Å². The number of piperidine rings is 1. The maximum atomic E-state index is 11.3. The summed E-state index contributed by atoms with van der Waals surface area (Å²) in [5.41, 5.74) is -0.211. The molecule has 0 radical (unpaired) electrons. The van der Waals surface area contributed by atoms with Crippen molar-refractivity contribution in [2.75, 3.05) is 19.6 Å². The Morgan fingerprint density at radius 1 is 1.56 bits per heavy atom. The van der Waals surface area contributed by atoms with Gasteiger partial charge >= 0.3 is 0 Å². The molecule has 0 aliphatic carbocycles. The summed E-state index contributed by atoms with van der Waals surface area (Å²) in [5.74, 6) is 0.589. The van der Waals surface area contributed by atoms with Gasteiger partial charge in [-0.05, 0) is 33.2 Å². The summed E-state index contributed by atoms with van der Waals surface area (Å²) in [5, 5.41) is 8.90. The van der Waals surface area contributed by atoms with Gasteiger partial charge in [0, 0.05) is 25.4 Å². The Kier molecular flexibility index (Phi) is 4.49. The molecule has 1 saturated heterocycles. The molecule has 1 rings (SSSR count). The Bertz CT molecular complexity index is 291. The maximum Gasteiger partial charge on any atom is 0.138 e. The van der Waals surface area contributed by atoms with Gasteiger partial charge in [-0.1, -0.05) is 6.92 Å². The minimum Gasteiger partial charge on any atom is -0.302 e. The van der Waals surface area contributed by atoms with Crippen molar-refractivity contribution in [1.82, 2.24) is 4.90 Å². The zero-order valence-electron chi connectivity index (χ0n) is 10.6. The Labute approximate surface area is 98.4 Å². The first-order chi connectivity index (χ1) is 7.44. The van der Waals surface area contributed by atoms with E-state index in [-0.39, 0.29) is 11.3 Å². The maximum absolute atomic E-state index is 11.3. The van der Waals surface area contributed by atoms with Crippen LogP contribution in [-0.2, 0) is 4.79 Å². The van der Waals surface area contributed by atoms with E-state index >= 15 is 0 Å². The highest BCUT2D eigenvalue weighted by molar-refractivity contribution is 5.81. The molecule has 3 nitrogen and oxygen atoms in total. The first-order valence-electron chi connectivity index (χ1n) is 6.11. The topological polar surface area (TPSA) is 44.1 Å². The van der Waals surface area contributed by atoms with Crippen molar-refractivity contribution in [3.05, 3.63) is 0 Å². The molecule has 3 heteroatoms. The minimum absolute atomic E-state index is 0.192. The van der Waals surface area contributed by atoms with E-state index in [4.69, 9.17) is 5.26 Å². The van der Waals surface area contributed by atoms with E-state index in [0.717, 1.165) is 32.5 Å². The molecular formula is C13H22N2O. The molecule has 0 spiro atoms. The zero-order valence-corrected chi connectivity index (χ0v) is 10.6. The highest BCUT2D eigenvalue weighted by Gasteiger charge is 2.23. The number of hydrogen-bond donors (Lipinski definition) is 0. The third-order valence-electron chi connectivity index (χ3n) is 3.33. The van der Waals surface area contributed by atoms with Crippen LogP contribution < -0.4 is 0 Å². The average molecular weight is 222 g/mol. The van der Waals surface area contributed by atoms with E-state index in [1.807, 2.05) is 20.8 Å². The molecule has 0 aromatic heterocycles. The van der Waals surface area contributed by atoms with Crippen molar-refractivity contribution < 1.29 is 4.79 Å². The summed E-state index contributed by atoms with van der Waals surface area (Å²) >= 11 is 0. The molecule has 16 heavy (non-hydrogen) atoms. The van der Waals surface area contributed by atoms with Crippen LogP contribution in [0.1, 0.15) is 40.0 Å².